The van der Waals surface area contributed by atoms with Gasteiger partial charge in [-0.1, -0.05) is 63.9 Å². The van der Waals surface area contributed by atoms with Crippen molar-refractivity contribution < 1.29 is 0 Å². The molecule has 102 valence electrons. The van der Waals surface area contributed by atoms with Gasteiger partial charge in [0.25, 0.3) is 0 Å². The molecule has 0 saturated carbocycles. The largest absolute Gasteiger partial charge is 0.319 e. The summed E-state index contributed by atoms with van der Waals surface area (Å²) in [5, 5.41) is 3.41. The summed E-state index contributed by atoms with van der Waals surface area (Å²) in [6.07, 6.45) is 5.07. The molecule has 0 heterocycles. The summed E-state index contributed by atoms with van der Waals surface area (Å²) in [4.78, 5) is 0. The first kappa shape index (κ1) is 15.2. The Morgan fingerprint density at radius 1 is 1.06 bits per heavy atom. The summed E-state index contributed by atoms with van der Waals surface area (Å²) in [5.74, 6) is 0.832. The summed E-state index contributed by atoms with van der Waals surface area (Å²) in [6.45, 7) is 8.04. The SMILES string of the molecule is CCC(CC)CC(CC)(CNC)c1ccccc1. The highest BCUT2D eigenvalue weighted by molar-refractivity contribution is 5.26. The molecule has 0 aliphatic heterocycles. The maximum atomic E-state index is 3.41. The number of rotatable bonds is 8. The Labute approximate surface area is 113 Å². The molecular weight excluding hydrogens is 218 g/mol. The molecule has 0 radical (unpaired) electrons. The molecule has 0 amide bonds. The molecule has 0 aliphatic carbocycles. The predicted molar refractivity (Wildman–Crippen MR) is 81.0 cm³/mol. The van der Waals surface area contributed by atoms with Crippen molar-refractivity contribution >= 4 is 0 Å². The van der Waals surface area contributed by atoms with E-state index in [4.69, 9.17) is 0 Å². The molecule has 0 bridgehead atoms. The van der Waals surface area contributed by atoms with Crippen LogP contribution in [0.15, 0.2) is 30.3 Å². The van der Waals surface area contributed by atoms with E-state index in [-0.39, 0.29) is 0 Å². The lowest BCUT2D eigenvalue weighted by atomic mass is 9.70. The van der Waals surface area contributed by atoms with Crippen molar-refractivity contribution in [2.45, 2.75) is 51.9 Å². The zero-order valence-electron chi connectivity index (χ0n) is 12.5. The third-order valence-electron chi connectivity index (χ3n) is 4.41. The Bertz CT molecular complexity index is 316. The van der Waals surface area contributed by atoms with Crippen LogP contribution in [-0.4, -0.2) is 13.6 Å². The fraction of sp³-hybridized carbons (Fsp3) is 0.647. The first-order valence-corrected chi connectivity index (χ1v) is 7.42. The molecule has 1 aromatic carbocycles. The predicted octanol–water partition coefficient (Wildman–Crippen LogP) is 4.38. The van der Waals surface area contributed by atoms with Gasteiger partial charge in [-0.05, 0) is 31.4 Å². The van der Waals surface area contributed by atoms with Gasteiger partial charge >= 0.3 is 0 Å². The first-order valence-electron chi connectivity index (χ1n) is 7.42. The summed E-state index contributed by atoms with van der Waals surface area (Å²) >= 11 is 0. The van der Waals surface area contributed by atoms with Gasteiger partial charge in [-0.25, -0.2) is 0 Å². The third kappa shape index (κ3) is 3.58. The summed E-state index contributed by atoms with van der Waals surface area (Å²) in [6, 6.07) is 11.0. The first-order chi connectivity index (χ1) is 8.72. The van der Waals surface area contributed by atoms with Crippen molar-refractivity contribution in [3.05, 3.63) is 35.9 Å². The van der Waals surface area contributed by atoms with Crippen LogP contribution in [-0.2, 0) is 5.41 Å². The summed E-state index contributed by atoms with van der Waals surface area (Å²) < 4.78 is 0. The highest BCUT2D eigenvalue weighted by atomic mass is 14.8. The molecule has 0 aliphatic rings. The Kier molecular flexibility index (Phi) is 6.42. The van der Waals surface area contributed by atoms with E-state index in [1.165, 1.54) is 31.2 Å². The van der Waals surface area contributed by atoms with Gasteiger partial charge in [0, 0.05) is 12.0 Å². The lowest BCUT2D eigenvalue weighted by molar-refractivity contribution is 0.285. The van der Waals surface area contributed by atoms with E-state index in [1.54, 1.807) is 0 Å². The lowest BCUT2D eigenvalue weighted by Gasteiger charge is -2.36. The minimum absolute atomic E-state index is 0.298. The number of hydrogen-bond donors (Lipinski definition) is 1. The lowest BCUT2D eigenvalue weighted by Crippen LogP contribution is -2.38. The number of nitrogens with one attached hydrogen (secondary N) is 1. The van der Waals surface area contributed by atoms with Crippen molar-refractivity contribution in [2.75, 3.05) is 13.6 Å². The van der Waals surface area contributed by atoms with Gasteiger partial charge in [-0.2, -0.15) is 0 Å². The van der Waals surface area contributed by atoms with Crippen molar-refractivity contribution in [1.29, 1.82) is 0 Å². The standard InChI is InChI=1S/C17H29N/c1-5-15(6-2)13-17(7-3,14-18-4)16-11-9-8-10-12-16/h8-12,15,18H,5-7,13-14H2,1-4H3. The zero-order chi connectivity index (χ0) is 13.4. The molecule has 1 heteroatoms. The number of hydrogen-bond acceptors (Lipinski definition) is 1. The van der Waals surface area contributed by atoms with Crippen LogP contribution < -0.4 is 5.32 Å². The number of likely N-dealkylation sites (N-methyl/N-ethyl adjacent to an activating group) is 1. The van der Waals surface area contributed by atoms with Crippen molar-refractivity contribution in [3.63, 3.8) is 0 Å². The fourth-order valence-corrected chi connectivity index (χ4v) is 3.03. The van der Waals surface area contributed by atoms with E-state index in [0.29, 0.717) is 5.41 Å². The molecule has 1 N–H and O–H groups in total. The van der Waals surface area contributed by atoms with Crippen LogP contribution in [0.4, 0.5) is 0 Å². The second kappa shape index (κ2) is 7.58. The van der Waals surface area contributed by atoms with Crippen LogP contribution in [0.5, 0.6) is 0 Å². The molecule has 1 nitrogen and oxygen atoms in total. The second-order valence-corrected chi connectivity index (χ2v) is 5.42. The Hall–Kier alpha value is -0.820. The van der Waals surface area contributed by atoms with Gasteiger partial charge in [0.1, 0.15) is 0 Å². The van der Waals surface area contributed by atoms with Gasteiger partial charge in [0.05, 0.1) is 0 Å². The van der Waals surface area contributed by atoms with E-state index < -0.39 is 0 Å². The van der Waals surface area contributed by atoms with Crippen LogP contribution in [0.1, 0.15) is 52.0 Å². The molecular formula is C17H29N. The van der Waals surface area contributed by atoms with Crippen LogP contribution in [0.2, 0.25) is 0 Å². The maximum absolute atomic E-state index is 3.41. The molecule has 1 unspecified atom stereocenters. The maximum Gasteiger partial charge on any atom is 0.00776 e. The molecule has 0 fully saturated rings. The minimum atomic E-state index is 0.298. The van der Waals surface area contributed by atoms with Gasteiger partial charge in [0.2, 0.25) is 0 Å². The van der Waals surface area contributed by atoms with Gasteiger partial charge < -0.3 is 5.32 Å². The molecule has 0 saturated heterocycles. The normalized spacial score (nSPS) is 14.7. The van der Waals surface area contributed by atoms with Crippen molar-refractivity contribution in [3.8, 4) is 0 Å². The van der Waals surface area contributed by atoms with Gasteiger partial charge in [-0.3, -0.25) is 0 Å². The van der Waals surface area contributed by atoms with Gasteiger partial charge in [0.15, 0.2) is 0 Å². The molecule has 0 spiro atoms. The smallest absolute Gasteiger partial charge is 0.00776 e. The molecule has 1 rings (SSSR count). The average molecular weight is 247 g/mol. The highest BCUT2D eigenvalue weighted by Crippen LogP contribution is 2.36. The summed E-state index contributed by atoms with van der Waals surface area (Å²) in [5.41, 5.74) is 1.79. The highest BCUT2D eigenvalue weighted by Gasteiger charge is 2.31. The molecule has 1 aromatic rings. The van der Waals surface area contributed by atoms with Crippen molar-refractivity contribution in [2.24, 2.45) is 5.92 Å². The Morgan fingerprint density at radius 3 is 2.11 bits per heavy atom. The Morgan fingerprint density at radius 2 is 1.67 bits per heavy atom. The van der Waals surface area contributed by atoms with E-state index in [2.05, 4.69) is 63.5 Å². The van der Waals surface area contributed by atoms with Crippen LogP contribution >= 0.6 is 0 Å². The Balaban J connectivity index is 3.01. The van der Waals surface area contributed by atoms with E-state index in [9.17, 15) is 0 Å². The van der Waals surface area contributed by atoms with Gasteiger partial charge in [-0.15, -0.1) is 0 Å². The zero-order valence-corrected chi connectivity index (χ0v) is 12.5. The topological polar surface area (TPSA) is 12.0 Å². The monoisotopic (exact) mass is 247 g/mol. The van der Waals surface area contributed by atoms with Crippen LogP contribution in [0, 0.1) is 5.92 Å². The molecule has 0 aromatic heterocycles. The second-order valence-electron chi connectivity index (χ2n) is 5.42. The number of benzene rings is 1. The quantitative estimate of drug-likeness (QED) is 0.719. The fourth-order valence-electron chi connectivity index (χ4n) is 3.03. The van der Waals surface area contributed by atoms with Crippen molar-refractivity contribution in [1.82, 2.24) is 5.32 Å². The van der Waals surface area contributed by atoms with Crippen LogP contribution in [0.3, 0.4) is 0 Å². The minimum Gasteiger partial charge on any atom is -0.319 e. The van der Waals surface area contributed by atoms with E-state index >= 15 is 0 Å². The summed E-state index contributed by atoms with van der Waals surface area (Å²) in [7, 11) is 2.07. The average Bonchev–Trinajstić information content (AvgIpc) is 2.44. The van der Waals surface area contributed by atoms with E-state index in [1.807, 2.05) is 0 Å². The molecule has 1 atom stereocenters. The molecule has 18 heavy (non-hydrogen) atoms. The van der Waals surface area contributed by atoms with Crippen LogP contribution in [0.25, 0.3) is 0 Å². The third-order valence-corrected chi connectivity index (χ3v) is 4.41. The van der Waals surface area contributed by atoms with E-state index in [0.717, 1.165) is 12.5 Å².